The van der Waals surface area contributed by atoms with Crippen LogP contribution in [0.4, 0.5) is 13.2 Å². The molecule has 1 N–H and O–H groups in total. The van der Waals surface area contributed by atoms with Gasteiger partial charge in [0, 0.05) is 67.4 Å². The number of hydrogen-bond donors (Lipinski definition) is 1. The number of likely N-dealkylation sites (N-methyl/N-ethyl adjacent to an activating group) is 1. The van der Waals surface area contributed by atoms with E-state index in [0.29, 0.717) is 50.0 Å². The predicted octanol–water partition coefficient (Wildman–Crippen LogP) is 9.24. The molecule has 0 aliphatic carbocycles. The van der Waals surface area contributed by atoms with Gasteiger partial charge in [0.25, 0.3) is 0 Å². The fourth-order valence-corrected chi connectivity index (χ4v) is 8.95. The number of fused-ring (bicyclic) bond motifs is 2. The number of para-hydroxylation sites is 1. The van der Waals surface area contributed by atoms with Crippen LogP contribution in [0.25, 0.3) is 42.6 Å². The number of nitrogens with zero attached hydrogens (tertiary/aromatic N) is 6. The Morgan fingerprint density at radius 3 is 2.62 bits per heavy atom. The van der Waals surface area contributed by atoms with Gasteiger partial charge < -0.3 is 24.2 Å². The third-order valence-corrected chi connectivity index (χ3v) is 12.6. The molecule has 1 fully saturated rings. The standard InChI is InChI=1S/C43H40ClF3N6O5S2/c1-26-31(8-9-33(39(26)44)56-19-18-52-16-14-51(2)15-17-52)37-38-36(23-48-40(37)29-7-10-35-28(21-29)12-20-59-35)60-50-41(38)58-34(42(54)55)22-27-5-3-4-6-32(27)57-24-30-11-13-49-53(30)25-43(45,46)47/h3-13,20-21,23,34H,14-19,22,24-25H2,1-2H3,(H,54,55)/t34-/m1/s1. The van der Waals surface area contributed by atoms with Crippen molar-refractivity contribution in [1.82, 2.24) is 28.9 Å². The first kappa shape index (κ1) is 41.5. The van der Waals surface area contributed by atoms with E-state index in [4.69, 9.17) is 30.8 Å². The van der Waals surface area contributed by atoms with Crippen molar-refractivity contribution in [3.63, 3.8) is 0 Å². The lowest BCUT2D eigenvalue weighted by Crippen LogP contribution is -2.45. The number of aromatic nitrogens is 4. The maximum Gasteiger partial charge on any atom is 0.408 e. The smallest absolute Gasteiger partial charge is 0.408 e. The minimum atomic E-state index is -4.47. The number of rotatable bonds is 15. The van der Waals surface area contributed by atoms with E-state index in [1.807, 2.05) is 30.5 Å². The van der Waals surface area contributed by atoms with Gasteiger partial charge in [0.1, 0.15) is 31.3 Å². The minimum absolute atomic E-state index is 0.107. The van der Waals surface area contributed by atoms with E-state index in [2.05, 4.69) is 44.5 Å². The van der Waals surface area contributed by atoms with Crippen LogP contribution >= 0.6 is 34.5 Å². The number of hydrogen-bond acceptors (Lipinski definition) is 11. The number of benzene rings is 3. The van der Waals surface area contributed by atoms with Crippen molar-refractivity contribution in [1.29, 1.82) is 0 Å². The molecule has 1 aliphatic heterocycles. The fraction of sp³-hybridized carbons (Fsp3) is 0.302. The highest BCUT2D eigenvalue weighted by atomic mass is 35.5. The summed E-state index contributed by atoms with van der Waals surface area (Å²) in [6.45, 7) is 5.67. The summed E-state index contributed by atoms with van der Waals surface area (Å²) in [4.78, 5) is 22.6. The zero-order chi connectivity index (χ0) is 42.0. The van der Waals surface area contributed by atoms with Crippen molar-refractivity contribution in [2.75, 3.05) is 46.4 Å². The van der Waals surface area contributed by atoms with Gasteiger partial charge in [0.2, 0.25) is 12.0 Å². The molecule has 0 radical (unpaired) electrons. The molecule has 3 aromatic carbocycles. The van der Waals surface area contributed by atoms with E-state index >= 15 is 0 Å². The number of piperazine rings is 1. The Balaban J connectivity index is 1.12. The van der Waals surface area contributed by atoms with Gasteiger partial charge in [-0.3, -0.25) is 14.6 Å². The number of carboxylic acids is 1. The summed E-state index contributed by atoms with van der Waals surface area (Å²) in [5, 5.41) is 18.4. The van der Waals surface area contributed by atoms with Crippen LogP contribution in [0, 0.1) is 6.92 Å². The molecule has 17 heteroatoms. The van der Waals surface area contributed by atoms with Crippen LogP contribution in [0.5, 0.6) is 17.4 Å². The largest absolute Gasteiger partial charge is 0.491 e. The highest BCUT2D eigenvalue weighted by Crippen LogP contribution is 2.46. The summed E-state index contributed by atoms with van der Waals surface area (Å²) >= 11 is 9.87. The van der Waals surface area contributed by atoms with Gasteiger partial charge in [0.05, 0.1) is 26.5 Å². The van der Waals surface area contributed by atoms with Crippen molar-refractivity contribution < 1.29 is 37.3 Å². The maximum absolute atomic E-state index is 13.1. The number of ether oxygens (including phenoxy) is 3. The molecular formula is C43H40ClF3N6O5S2. The minimum Gasteiger partial charge on any atom is -0.491 e. The van der Waals surface area contributed by atoms with E-state index in [-0.39, 0.29) is 24.6 Å². The molecule has 5 heterocycles. The molecule has 1 saturated heterocycles. The summed E-state index contributed by atoms with van der Waals surface area (Å²) in [5.41, 5.74) is 4.34. The molecule has 60 heavy (non-hydrogen) atoms. The van der Waals surface area contributed by atoms with Crippen molar-refractivity contribution in [3.8, 4) is 39.8 Å². The first-order valence-corrected chi connectivity index (χ1v) is 21.2. The van der Waals surface area contributed by atoms with Gasteiger partial charge in [-0.25, -0.2) is 4.79 Å². The molecule has 0 amide bonds. The average molecular weight is 877 g/mol. The Labute approximate surface area is 356 Å². The van der Waals surface area contributed by atoms with E-state index < -0.39 is 24.8 Å². The Hall–Kier alpha value is -5.26. The van der Waals surface area contributed by atoms with E-state index in [0.717, 1.165) is 75.7 Å². The quantitative estimate of drug-likeness (QED) is 0.107. The molecule has 1 atom stereocenters. The van der Waals surface area contributed by atoms with Crippen molar-refractivity contribution in [2.45, 2.75) is 38.8 Å². The summed E-state index contributed by atoms with van der Waals surface area (Å²) in [6, 6.07) is 20.2. The molecular weight excluding hydrogens is 837 g/mol. The summed E-state index contributed by atoms with van der Waals surface area (Å²) in [5.74, 6) is -0.285. The SMILES string of the molecule is Cc1c(-c2c(-c3ccc4sccc4c3)ncc3snc(O[C@H](Cc4ccccc4OCc4ccnn4CC(F)(F)F)C(=O)O)c23)ccc(OCCN2CCN(C)CC2)c1Cl. The zero-order valence-corrected chi connectivity index (χ0v) is 35.0. The monoisotopic (exact) mass is 876 g/mol. The second-order valence-corrected chi connectivity index (χ2v) is 16.7. The third kappa shape index (κ3) is 9.22. The maximum atomic E-state index is 13.1. The van der Waals surface area contributed by atoms with Crippen molar-refractivity contribution in [3.05, 3.63) is 106 Å². The number of carboxylic acid groups (broad SMARTS) is 1. The van der Waals surface area contributed by atoms with Crippen LogP contribution < -0.4 is 14.2 Å². The fourth-order valence-electron chi connectivity index (χ4n) is 7.26. The molecule has 0 bridgehead atoms. The summed E-state index contributed by atoms with van der Waals surface area (Å²) in [6.07, 6.45) is -3.05. The second kappa shape index (κ2) is 17.8. The number of alkyl halides is 3. The van der Waals surface area contributed by atoms with E-state index in [1.165, 1.54) is 12.3 Å². The molecule has 4 aromatic heterocycles. The van der Waals surface area contributed by atoms with E-state index in [9.17, 15) is 23.1 Å². The van der Waals surface area contributed by atoms with Crippen LogP contribution in [-0.2, 0) is 24.4 Å². The lowest BCUT2D eigenvalue weighted by molar-refractivity contribution is -0.145. The number of carbonyl (C=O) groups is 1. The molecule has 8 rings (SSSR count). The average Bonchev–Trinajstić information content (AvgIpc) is 3.99. The number of halogens is 4. The number of pyridine rings is 1. The first-order chi connectivity index (χ1) is 28.9. The number of thiophene rings is 1. The van der Waals surface area contributed by atoms with Crippen LogP contribution in [0.2, 0.25) is 5.02 Å². The molecule has 312 valence electrons. The van der Waals surface area contributed by atoms with Gasteiger partial charge in [-0.15, -0.1) is 11.3 Å². The molecule has 1 aliphatic rings. The van der Waals surface area contributed by atoms with Crippen LogP contribution in [-0.4, -0.2) is 98.7 Å². The molecule has 7 aromatic rings. The van der Waals surface area contributed by atoms with Crippen LogP contribution in [0.3, 0.4) is 0 Å². The van der Waals surface area contributed by atoms with Crippen molar-refractivity contribution >= 4 is 60.6 Å². The molecule has 0 spiro atoms. The topological polar surface area (TPSA) is 115 Å². The van der Waals surface area contributed by atoms with E-state index in [1.54, 1.807) is 41.8 Å². The summed E-state index contributed by atoms with van der Waals surface area (Å²) in [7, 11) is 2.12. The lowest BCUT2D eigenvalue weighted by atomic mass is 9.93. The Bertz CT molecular complexity index is 2640. The molecule has 0 saturated carbocycles. The highest BCUT2D eigenvalue weighted by molar-refractivity contribution is 7.17. The lowest BCUT2D eigenvalue weighted by Gasteiger charge is -2.32. The van der Waals surface area contributed by atoms with Gasteiger partial charge in [-0.2, -0.15) is 22.6 Å². The number of aliphatic carboxylic acids is 1. The first-order valence-electron chi connectivity index (χ1n) is 19.2. The van der Waals surface area contributed by atoms with Gasteiger partial charge in [0.15, 0.2) is 0 Å². The zero-order valence-electron chi connectivity index (χ0n) is 32.6. The third-order valence-electron chi connectivity index (χ3n) is 10.5. The predicted molar refractivity (Wildman–Crippen MR) is 228 cm³/mol. The Morgan fingerprint density at radius 2 is 1.82 bits per heavy atom. The molecule has 11 nitrogen and oxygen atoms in total. The van der Waals surface area contributed by atoms with Gasteiger partial charge in [-0.1, -0.05) is 41.9 Å². The van der Waals surface area contributed by atoms with Crippen LogP contribution in [0.15, 0.2) is 84.5 Å². The second-order valence-electron chi connectivity index (χ2n) is 14.6. The van der Waals surface area contributed by atoms with Gasteiger partial charge >= 0.3 is 12.1 Å². The highest BCUT2D eigenvalue weighted by Gasteiger charge is 2.30. The Kier molecular flexibility index (Phi) is 12.3. The van der Waals surface area contributed by atoms with Crippen LogP contribution in [0.1, 0.15) is 16.8 Å². The Morgan fingerprint density at radius 1 is 1.00 bits per heavy atom. The summed E-state index contributed by atoms with van der Waals surface area (Å²) < 4.78 is 65.2. The normalized spacial score (nSPS) is 14.5. The van der Waals surface area contributed by atoms with Gasteiger partial charge in [-0.05, 0) is 89.4 Å². The molecule has 0 unspecified atom stereocenters. The van der Waals surface area contributed by atoms with Crippen molar-refractivity contribution in [2.24, 2.45) is 0 Å².